The Bertz CT molecular complexity index is 1230. The van der Waals surface area contributed by atoms with Crippen LogP contribution in [0.15, 0.2) is 24.3 Å². The number of pyridine rings is 1. The SMILES string of the molecule is CC(C)[C@@H]1CN(c2nc(C3CC3)c3c(c2C#N)CC(C)(C)OC3)CCN1C(=O)COc1cccc(F)c1. The first-order valence-electron chi connectivity index (χ1n) is 13.2. The van der Waals surface area contributed by atoms with E-state index in [2.05, 4.69) is 38.7 Å². The summed E-state index contributed by atoms with van der Waals surface area (Å²) in [6, 6.07) is 8.24. The Morgan fingerprint density at radius 2 is 2.08 bits per heavy atom. The van der Waals surface area contributed by atoms with Gasteiger partial charge in [0, 0.05) is 43.6 Å². The lowest BCUT2D eigenvalue weighted by Crippen LogP contribution is -2.58. The maximum atomic E-state index is 13.5. The Balaban J connectivity index is 1.39. The molecule has 3 aliphatic rings. The van der Waals surface area contributed by atoms with Crippen molar-refractivity contribution < 1.29 is 18.7 Å². The van der Waals surface area contributed by atoms with Gasteiger partial charge in [-0.1, -0.05) is 19.9 Å². The molecule has 1 saturated heterocycles. The molecule has 1 aliphatic carbocycles. The number of benzene rings is 1. The third-order valence-electron chi connectivity index (χ3n) is 7.68. The number of nitrogens with zero attached hydrogens (tertiary/aromatic N) is 4. The molecule has 5 rings (SSSR count). The fourth-order valence-electron chi connectivity index (χ4n) is 5.49. The third kappa shape index (κ3) is 5.28. The van der Waals surface area contributed by atoms with Crippen LogP contribution in [0.1, 0.15) is 68.8 Å². The smallest absolute Gasteiger partial charge is 0.260 e. The summed E-state index contributed by atoms with van der Waals surface area (Å²) in [4.78, 5) is 22.3. The predicted molar refractivity (Wildman–Crippen MR) is 138 cm³/mol. The van der Waals surface area contributed by atoms with E-state index in [1.807, 2.05) is 4.90 Å². The number of anilines is 1. The van der Waals surface area contributed by atoms with Gasteiger partial charge < -0.3 is 19.3 Å². The number of carbonyl (C=O) groups is 1. The minimum Gasteiger partial charge on any atom is -0.484 e. The minimum atomic E-state index is -0.398. The number of amides is 1. The molecule has 0 radical (unpaired) electrons. The number of nitriles is 1. The molecule has 1 aromatic heterocycles. The van der Waals surface area contributed by atoms with Gasteiger partial charge in [0.1, 0.15) is 23.5 Å². The molecule has 2 aliphatic heterocycles. The summed E-state index contributed by atoms with van der Waals surface area (Å²) in [7, 11) is 0. The molecule has 2 aromatic rings. The number of hydrogen-bond acceptors (Lipinski definition) is 6. The van der Waals surface area contributed by atoms with Gasteiger partial charge >= 0.3 is 0 Å². The summed E-state index contributed by atoms with van der Waals surface area (Å²) in [6.07, 6.45) is 2.93. The Morgan fingerprint density at radius 3 is 2.76 bits per heavy atom. The maximum Gasteiger partial charge on any atom is 0.260 e. The van der Waals surface area contributed by atoms with Crippen LogP contribution in [-0.2, 0) is 22.6 Å². The van der Waals surface area contributed by atoms with E-state index in [1.165, 1.54) is 12.1 Å². The molecule has 1 saturated carbocycles. The van der Waals surface area contributed by atoms with Gasteiger partial charge in [-0.2, -0.15) is 5.26 Å². The van der Waals surface area contributed by atoms with E-state index in [4.69, 9.17) is 14.5 Å². The molecule has 1 atom stereocenters. The van der Waals surface area contributed by atoms with Crippen molar-refractivity contribution in [1.82, 2.24) is 9.88 Å². The van der Waals surface area contributed by atoms with Crippen LogP contribution >= 0.6 is 0 Å². The standard InChI is InChI=1S/C29H35FN4O3/c1-18(2)25-15-33(10-11-34(25)26(35)17-36-21-7-5-6-20(30)12-21)28-23(14-31)22-13-29(3,4)37-16-24(22)27(32-28)19-8-9-19/h5-7,12,18-19,25H,8-11,13,15-17H2,1-4H3/t25-/m0/s1. The number of ether oxygens (including phenoxy) is 2. The van der Waals surface area contributed by atoms with E-state index in [0.29, 0.717) is 49.9 Å². The van der Waals surface area contributed by atoms with Gasteiger partial charge in [0.2, 0.25) is 0 Å². The number of rotatable bonds is 6. The van der Waals surface area contributed by atoms with Gasteiger partial charge in [-0.05, 0) is 50.3 Å². The average Bonchev–Trinajstić information content (AvgIpc) is 3.71. The third-order valence-corrected chi connectivity index (χ3v) is 7.68. The van der Waals surface area contributed by atoms with Gasteiger partial charge in [0.15, 0.2) is 6.61 Å². The van der Waals surface area contributed by atoms with Crippen LogP contribution in [0.4, 0.5) is 10.2 Å². The van der Waals surface area contributed by atoms with Crippen LogP contribution < -0.4 is 9.64 Å². The summed E-state index contributed by atoms with van der Waals surface area (Å²) in [6.45, 7) is 10.4. The average molecular weight is 507 g/mol. The first-order valence-corrected chi connectivity index (χ1v) is 13.2. The van der Waals surface area contributed by atoms with E-state index in [0.717, 1.165) is 35.5 Å². The van der Waals surface area contributed by atoms with Crippen LogP contribution in [0.3, 0.4) is 0 Å². The summed E-state index contributed by atoms with van der Waals surface area (Å²) in [5.41, 5.74) is 3.58. The zero-order valence-corrected chi connectivity index (χ0v) is 22.1. The molecule has 0 bridgehead atoms. The van der Waals surface area contributed by atoms with Crippen molar-refractivity contribution in [2.75, 3.05) is 31.1 Å². The largest absolute Gasteiger partial charge is 0.484 e. The lowest BCUT2D eigenvalue weighted by atomic mass is 9.87. The number of carbonyl (C=O) groups excluding carboxylic acids is 1. The molecule has 0 spiro atoms. The van der Waals surface area contributed by atoms with Crippen molar-refractivity contribution in [3.63, 3.8) is 0 Å². The normalized spacial score (nSPS) is 20.9. The first kappa shape index (κ1) is 25.5. The molecule has 2 fully saturated rings. The summed E-state index contributed by atoms with van der Waals surface area (Å²) in [5, 5.41) is 10.3. The second-order valence-corrected chi connectivity index (χ2v) is 11.4. The molecular weight excluding hydrogens is 471 g/mol. The highest BCUT2D eigenvalue weighted by Gasteiger charge is 2.39. The number of piperazine rings is 1. The van der Waals surface area contributed by atoms with Gasteiger partial charge in [-0.3, -0.25) is 4.79 Å². The van der Waals surface area contributed by atoms with Crippen molar-refractivity contribution in [1.29, 1.82) is 5.26 Å². The van der Waals surface area contributed by atoms with Crippen molar-refractivity contribution >= 4 is 11.7 Å². The van der Waals surface area contributed by atoms with Crippen LogP contribution in [0.2, 0.25) is 0 Å². The van der Waals surface area contributed by atoms with Crippen molar-refractivity contribution in [2.24, 2.45) is 5.92 Å². The Kier molecular flexibility index (Phi) is 6.84. The molecular formula is C29H35FN4O3. The zero-order chi connectivity index (χ0) is 26.3. The molecule has 196 valence electrons. The number of halogens is 1. The summed E-state index contributed by atoms with van der Waals surface area (Å²) < 4.78 is 25.2. The summed E-state index contributed by atoms with van der Waals surface area (Å²) >= 11 is 0. The van der Waals surface area contributed by atoms with E-state index < -0.39 is 5.82 Å². The lowest BCUT2D eigenvalue weighted by Gasteiger charge is -2.44. The molecule has 3 heterocycles. The molecule has 1 amide bonds. The molecule has 1 aromatic carbocycles. The molecule has 8 heteroatoms. The maximum absolute atomic E-state index is 13.5. The van der Waals surface area contributed by atoms with Crippen LogP contribution in [0.25, 0.3) is 0 Å². The Morgan fingerprint density at radius 1 is 1.30 bits per heavy atom. The van der Waals surface area contributed by atoms with E-state index >= 15 is 0 Å². The Labute approximate surface area is 218 Å². The summed E-state index contributed by atoms with van der Waals surface area (Å²) in [5.74, 6) is 1.19. The second-order valence-electron chi connectivity index (χ2n) is 11.4. The topological polar surface area (TPSA) is 78.7 Å². The fourth-order valence-corrected chi connectivity index (χ4v) is 5.49. The number of hydrogen-bond donors (Lipinski definition) is 0. The van der Waals surface area contributed by atoms with Crippen LogP contribution in [0.5, 0.6) is 5.75 Å². The van der Waals surface area contributed by atoms with Crippen molar-refractivity contribution in [2.45, 2.75) is 71.1 Å². The predicted octanol–water partition coefficient (Wildman–Crippen LogP) is 4.57. The molecule has 0 unspecified atom stereocenters. The van der Waals surface area contributed by atoms with Crippen molar-refractivity contribution in [3.05, 3.63) is 52.5 Å². The zero-order valence-electron chi connectivity index (χ0n) is 22.1. The van der Waals surface area contributed by atoms with Crippen LogP contribution in [-0.4, -0.2) is 53.7 Å². The van der Waals surface area contributed by atoms with Crippen LogP contribution in [0, 0.1) is 23.1 Å². The molecule has 37 heavy (non-hydrogen) atoms. The second kappa shape index (κ2) is 9.94. The highest BCUT2D eigenvalue weighted by molar-refractivity contribution is 5.78. The monoisotopic (exact) mass is 506 g/mol. The van der Waals surface area contributed by atoms with Crippen molar-refractivity contribution in [3.8, 4) is 11.8 Å². The molecule has 7 nitrogen and oxygen atoms in total. The first-order chi connectivity index (χ1) is 17.7. The highest BCUT2D eigenvalue weighted by atomic mass is 19.1. The van der Waals surface area contributed by atoms with Gasteiger partial charge in [-0.25, -0.2) is 9.37 Å². The number of aromatic nitrogens is 1. The quantitative estimate of drug-likeness (QED) is 0.571. The Hall–Kier alpha value is -3.18. The minimum absolute atomic E-state index is 0.0640. The van der Waals surface area contributed by atoms with E-state index in [1.54, 1.807) is 12.1 Å². The van der Waals surface area contributed by atoms with Gasteiger partial charge in [-0.15, -0.1) is 0 Å². The fraction of sp³-hybridized carbons (Fsp3) is 0.552. The van der Waals surface area contributed by atoms with E-state index in [-0.39, 0.29) is 30.1 Å². The van der Waals surface area contributed by atoms with Gasteiger partial charge in [0.25, 0.3) is 5.91 Å². The molecule has 0 N–H and O–H groups in total. The van der Waals surface area contributed by atoms with Gasteiger partial charge in [0.05, 0.1) is 29.5 Å². The lowest BCUT2D eigenvalue weighted by molar-refractivity contribution is -0.137. The highest BCUT2D eigenvalue weighted by Crippen LogP contribution is 2.46. The van der Waals surface area contributed by atoms with E-state index in [9.17, 15) is 14.4 Å². The number of fused-ring (bicyclic) bond motifs is 1.